The minimum Gasteiger partial charge on any atom is -0.311 e. The molecule has 0 aromatic carbocycles. The van der Waals surface area contributed by atoms with E-state index < -0.39 is 0 Å². The van der Waals surface area contributed by atoms with E-state index in [1.165, 1.54) is 0 Å². The first kappa shape index (κ1) is 8.87. The number of nitrogens with zero attached hydrogens (tertiary/aromatic N) is 2. The summed E-state index contributed by atoms with van der Waals surface area (Å²) in [6.07, 6.45) is 8.02. The summed E-state index contributed by atoms with van der Waals surface area (Å²) in [5, 5.41) is 3.23. The Morgan fingerprint density at radius 3 is 3.08 bits per heavy atom. The highest BCUT2D eigenvalue weighted by molar-refractivity contribution is 4.93. The SMILES string of the molecule is C=CCCNCc1cnccn1. The quantitative estimate of drug-likeness (QED) is 0.522. The van der Waals surface area contributed by atoms with Gasteiger partial charge >= 0.3 is 0 Å². The Kier molecular flexibility index (Phi) is 4.02. The lowest BCUT2D eigenvalue weighted by Crippen LogP contribution is -2.14. The Balaban J connectivity index is 2.20. The summed E-state index contributed by atoms with van der Waals surface area (Å²) < 4.78 is 0. The number of aromatic nitrogens is 2. The van der Waals surface area contributed by atoms with Crippen molar-refractivity contribution < 1.29 is 0 Å². The first-order chi connectivity index (χ1) is 5.93. The lowest BCUT2D eigenvalue weighted by Gasteiger charge is -2.00. The van der Waals surface area contributed by atoms with Crippen LogP contribution >= 0.6 is 0 Å². The van der Waals surface area contributed by atoms with E-state index in [0.29, 0.717) is 0 Å². The van der Waals surface area contributed by atoms with Gasteiger partial charge in [-0.25, -0.2) is 0 Å². The predicted molar refractivity (Wildman–Crippen MR) is 48.6 cm³/mol. The van der Waals surface area contributed by atoms with Crippen LogP contribution in [0.4, 0.5) is 0 Å². The Morgan fingerprint density at radius 2 is 2.42 bits per heavy atom. The van der Waals surface area contributed by atoms with E-state index in [4.69, 9.17) is 0 Å². The second-order valence-corrected chi connectivity index (χ2v) is 2.45. The zero-order chi connectivity index (χ0) is 8.65. The molecule has 1 heterocycles. The molecule has 0 aliphatic rings. The highest BCUT2D eigenvalue weighted by atomic mass is 14.9. The number of hydrogen-bond donors (Lipinski definition) is 1. The molecular formula is C9H13N3. The molecule has 0 spiro atoms. The van der Waals surface area contributed by atoms with E-state index in [2.05, 4.69) is 21.9 Å². The van der Waals surface area contributed by atoms with E-state index in [9.17, 15) is 0 Å². The maximum absolute atomic E-state index is 4.13. The summed E-state index contributed by atoms with van der Waals surface area (Å²) in [6.45, 7) is 5.36. The molecule has 0 aliphatic heterocycles. The van der Waals surface area contributed by atoms with Gasteiger partial charge in [0.2, 0.25) is 0 Å². The van der Waals surface area contributed by atoms with Crippen molar-refractivity contribution in [3.63, 3.8) is 0 Å². The first-order valence-electron chi connectivity index (χ1n) is 4.00. The fraction of sp³-hybridized carbons (Fsp3) is 0.333. The van der Waals surface area contributed by atoms with Gasteiger partial charge in [-0.3, -0.25) is 9.97 Å². The molecule has 3 heteroatoms. The van der Waals surface area contributed by atoms with Gasteiger partial charge in [0.15, 0.2) is 0 Å². The Hall–Kier alpha value is -1.22. The van der Waals surface area contributed by atoms with Crippen LogP contribution in [0.1, 0.15) is 12.1 Å². The van der Waals surface area contributed by atoms with Crippen LogP contribution < -0.4 is 5.32 Å². The van der Waals surface area contributed by atoms with Gasteiger partial charge in [-0.15, -0.1) is 6.58 Å². The molecule has 0 aliphatic carbocycles. The van der Waals surface area contributed by atoms with Gasteiger partial charge in [0.25, 0.3) is 0 Å². The summed E-state index contributed by atoms with van der Waals surface area (Å²) in [5.74, 6) is 0. The lowest BCUT2D eigenvalue weighted by atomic mass is 10.4. The van der Waals surface area contributed by atoms with Crippen molar-refractivity contribution in [2.24, 2.45) is 0 Å². The summed E-state index contributed by atoms with van der Waals surface area (Å²) in [4.78, 5) is 8.09. The second-order valence-electron chi connectivity index (χ2n) is 2.45. The Bertz CT molecular complexity index is 220. The molecule has 1 aromatic heterocycles. The van der Waals surface area contributed by atoms with Gasteiger partial charge in [0, 0.05) is 25.1 Å². The lowest BCUT2D eigenvalue weighted by molar-refractivity contribution is 0.680. The minimum atomic E-state index is 0.779. The van der Waals surface area contributed by atoms with Crippen LogP contribution in [-0.2, 0) is 6.54 Å². The molecule has 0 fully saturated rings. The molecule has 1 rings (SSSR count). The zero-order valence-corrected chi connectivity index (χ0v) is 7.03. The van der Waals surface area contributed by atoms with Crippen molar-refractivity contribution in [2.45, 2.75) is 13.0 Å². The van der Waals surface area contributed by atoms with Gasteiger partial charge in [0.1, 0.15) is 0 Å². The zero-order valence-electron chi connectivity index (χ0n) is 7.03. The van der Waals surface area contributed by atoms with E-state index in [1.807, 2.05) is 6.08 Å². The maximum Gasteiger partial charge on any atom is 0.0724 e. The van der Waals surface area contributed by atoms with E-state index in [0.717, 1.165) is 25.2 Å². The maximum atomic E-state index is 4.13. The van der Waals surface area contributed by atoms with Gasteiger partial charge < -0.3 is 5.32 Å². The summed E-state index contributed by atoms with van der Waals surface area (Å²) >= 11 is 0. The third kappa shape index (κ3) is 3.25. The standard InChI is InChI=1S/C9H13N3/c1-2-3-4-10-7-9-8-11-5-6-12-9/h2,5-6,8,10H,1,3-4,7H2. The number of hydrogen-bond acceptors (Lipinski definition) is 3. The first-order valence-corrected chi connectivity index (χ1v) is 4.00. The van der Waals surface area contributed by atoms with Crippen molar-refractivity contribution in [1.82, 2.24) is 15.3 Å². The fourth-order valence-electron chi connectivity index (χ4n) is 0.842. The smallest absolute Gasteiger partial charge is 0.0724 e. The van der Waals surface area contributed by atoms with Crippen LogP contribution in [0.3, 0.4) is 0 Å². The van der Waals surface area contributed by atoms with Crippen molar-refractivity contribution >= 4 is 0 Å². The average Bonchev–Trinajstić information content (AvgIpc) is 2.14. The molecule has 0 bridgehead atoms. The molecule has 64 valence electrons. The van der Waals surface area contributed by atoms with Crippen molar-refractivity contribution in [2.75, 3.05) is 6.54 Å². The van der Waals surface area contributed by atoms with Crippen molar-refractivity contribution in [1.29, 1.82) is 0 Å². The molecule has 1 N–H and O–H groups in total. The molecular weight excluding hydrogens is 150 g/mol. The molecule has 12 heavy (non-hydrogen) atoms. The fourth-order valence-corrected chi connectivity index (χ4v) is 0.842. The molecule has 0 radical (unpaired) electrons. The molecule has 0 amide bonds. The largest absolute Gasteiger partial charge is 0.311 e. The van der Waals surface area contributed by atoms with Crippen molar-refractivity contribution in [3.05, 3.63) is 36.9 Å². The Morgan fingerprint density at radius 1 is 1.50 bits per heavy atom. The highest BCUT2D eigenvalue weighted by Gasteiger charge is 1.90. The van der Waals surface area contributed by atoms with Gasteiger partial charge in [-0.2, -0.15) is 0 Å². The van der Waals surface area contributed by atoms with Crippen LogP contribution in [0.15, 0.2) is 31.2 Å². The van der Waals surface area contributed by atoms with Gasteiger partial charge in [-0.05, 0) is 13.0 Å². The average molecular weight is 163 g/mol. The predicted octanol–water partition coefficient (Wildman–Crippen LogP) is 1.14. The highest BCUT2D eigenvalue weighted by Crippen LogP contribution is 1.88. The van der Waals surface area contributed by atoms with Gasteiger partial charge in [0.05, 0.1) is 5.69 Å². The minimum absolute atomic E-state index is 0.779. The molecule has 0 saturated carbocycles. The number of rotatable bonds is 5. The van der Waals surface area contributed by atoms with Crippen LogP contribution in [0.2, 0.25) is 0 Å². The molecule has 0 saturated heterocycles. The normalized spacial score (nSPS) is 9.67. The third-order valence-corrected chi connectivity index (χ3v) is 1.45. The number of nitrogens with one attached hydrogen (secondary N) is 1. The monoisotopic (exact) mass is 163 g/mol. The van der Waals surface area contributed by atoms with E-state index >= 15 is 0 Å². The van der Waals surface area contributed by atoms with E-state index in [1.54, 1.807) is 18.6 Å². The summed E-state index contributed by atoms with van der Waals surface area (Å²) in [5.41, 5.74) is 0.974. The van der Waals surface area contributed by atoms with Crippen LogP contribution in [0, 0.1) is 0 Å². The Labute approximate surface area is 72.6 Å². The topological polar surface area (TPSA) is 37.8 Å². The molecule has 3 nitrogen and oxygen atoms in total. The molecule has 0 atom stereocenters. The van der Waals surface area contributed by atoms with Crippen molar-refractivity contribution in [3.8, 4) is 0 Å². The summed E-state index contributed by atoms with van der Waals surface area (Å²) in [7, 11) is 0. The van der Waals surface area contributed by atoms with E-state index in [-0.39, 0.29) is 0 Å². The van der Waals surface area contributed by atoms with Crippen LogP contribution in [0.25, 0.3) is 0 Å². The molecule has 1 aromatic rings. The summed E-state index contributed by atoms with van der Waals surface area (Å²) in [6, 6.07) is 0. The molecule has 0 unspecified atom stereocenters. The van der Waals surface area contributed by atoms with Gasteiger partial charge in [-0.1, -0.05) is 6.08 Å². The third-order valence-electron chi connectivity index (χ3n) is 1.45. The van der Waals surface area contributed by atoms with Crippen LogP contribution in [-0.4, -0.2) is 16.5 Å². The van der Waals surface area contributed by atoms with Crippen LogP contribution in [0.5, 0.6) is 0 Å². The second kappa shape index (κ2) is 5.43.